The summed E-state index contributed by atoms with van der Waals surface area (Å²) >= 11 is 1.46. The highest BCUT2D eigenvalue weighted by Gasteiger charge is 2.09. The number of aliphatic carboxylic acids is 1. The molecule has 0 bridgehead atoms. The molecule has 1 rings (SSSR count). The molecule has 0 heterocycles. The molecule has 5 heteroatoms. The van der Waals surface area contributed by atoms with E-state index in [1.54, 1.807) is 0 Å². The lowest BCUT2D eigenvalue weighted by molar-refractivity contribution is -0.137. The highest BCUT2D eigenvalue weighted by atomic mass is 32.2. The van der Waals surface area contributed by atoms with E-state index in [1.165, 1.54) is 11.8 Å². The Morgan fingerprint density at radius 1 is 1.30 bits per heavy atom. The van der Waals surface area contributed by atoms with Gasteiger partial charge in [0.1, 0.15) is 0 Å². The highest BCUT2D eigenvalue weighted by molar-refractivity contribution is 7.99. The number of anilines is 1. The van der Waals surface area contributed by atoms with Gasteiger partial charge in [0.25, 0.3) is 0 Å². The van der Waals surface area contributed by atoms with E-state index >= 15 is 0 Å². The molecule has 0 atom stereocenters. The number of thioether (sulfide) groups is 1. The molecule has 0 aliphatic rings. The second kappa shape index (κ2) is 8.64. The fraction of sp³-hybridized carbons (Fsp3) is 0.467. The van der Waals surface area contributed by atoms with Gasteiger partial charge < -0.3 is 10.4 Å². The topological polar surface area (TPSA) is 66.4 Å². The number of carboxylic acids is 1. The van der Waals surface area contributed by atoms with Crippen LogP contribution in [0, 0.1) is 0 Å². The standard InChI is InChI=1S/C15H21NO3S/c1-11(2)12-6-3-4-7-13(12)16-14(17)10-20-9-5-8-15(18)19/h3-4,6-7,11H,5,8-10H2,1-2H3,(H,16,17)(H,18,19). The van der Waals surface area contributed by atoms with Gasteiger partial charge in [0, 0.05) is 12.1 Å². The van der Waals surface area contributed by atoms with Crippen molar-refractivity contribution >= 4 is 29.3 Å². The molecule has 0 unspecified atom stereocenters. The van der Waals surface area contributed by atoms with E-state index in [9.17, 15) is 9.59 Å². The van der Waals surface area contributed by atoms with Crippen LogP contribution >= 0.6 is 11.8 Å². The summed E-state index contributed by atoms with van der Waals surface area (Å²) in [6, 6.07) is 7.79. The van der Waals surface area contributed by atoms with Crippen molar-refractivity contribution in [2.24, 2.45) is 0 Å². The third-order valence-electron chi connectivity index (χ3n) is 2.77. The van der Waals surface area contributed by atoms with Gasteiger partial charge in [-0.3, -0.25) is 9.59 Å². The minimum Gasteiger partial charge on any atom is -0.481 e. The summed E-state index contributed by atoms with van der Waals surface area (Å²) in [5, 5.41) is 11.4. The fourth-order valence-corrected chi connectivity index (χ4v) is 2.54. The van der Waals surface area contributed by atoms with Gasteiger partial charge in [-0.15, -0.1) is 0 Å². The number of hydrogen-bond acceptors (Lipinski definition) is 3. The lowest BCUT2D eigenvalue weighted by Crippen LogP contribution is -2.16. The maximum Gasteiger partial charge on any atom is 0.303 e. The normalized spacial score (nSPS) is 10.6. The molecule has 1 aromatic carbocycles. The van der Waals surface area contributed by atoms with Crippen LogP contribution < -0.4 is 5.32 Å². The Morgan fingerprint density at radius 2 is 2.00 bits per heavy atom. The average Bonchev–Trinajstić information content (AvgIpc) is 2.38. The summed E-state index contributed by atoms with van der Waals surface area (Å²) in [6.07, 6.45) is 0.751. The average molecular weight is 295 g/mol. The molecule has 4 nitrogen and oxygen atoms in total. The fourth-order valence-electron chi connectivity index (χ4n) is 1.79. The summed E-state index contributed by atoms with van der Waals surface area (Å²) in [4.78, 5) is 22.2. The number of carbonyl (C=O) groups excluding carboxylic acids is 1. The van der Waals surface area contributed by atoms with Crippen LogP contribution in [-0.2, 0) is 9.59 Å². The molecule has 0 saturated heterocycles. The van der Waals surface area contributed by atoms with Crippen molar-refractivity contribution in [1.82, 2.24) is 0 Å². The zero-order chi connectivity index (χ0) is 15.0. The summed E-state index contributed by atoms with van der Waals surface area (Å²) in [5.41, 5.74) is 1.98. The Morgan fingerprint density at radius 3 is 2.65 bits per heavy atom. The Balaban J connectivity index is 2.37. The summed E-state index contributed by atoms with van der Waals surface area (Å²) < 4.78 is 0. The Labute approximate surface area is 124 Å². The van der Waals surface area contributed by atoms with Crippen molar-refractivity contribution in [3.63, 3.8) is 0 Å². The van der Waals surface area contributed by atoms with E-state index in [2.05, 4.69) is 19.2 Å². The van der Waals surface area contributed by atoms with E-state index < -0.39 is 5.97 Å². The molecule has 20 heavy (non-hydrogen) atoms. The van der Waals surface area contributed by atoms with E-state index in [0.29, 0.717) is 23.8 Å². The zero-order valence-corrected chi connectivity index (χ0v) is 12.7. The molecule has 1 aromatic rings. The largest absolute Gasteiger partial charge is 0.481 e. The molecule has 0 fully saturated rings. The second-order valence-electron chi connectivity index (χ2n) is 4.84. The molecular weight excluding hydrogens is 274 g/mol. The van der Waals surface area contributed by atoms with Crippen LogP contribution in [0.15, 0.2) is 24.3 Å². The van der Waals surface area contributed by atoms with Crippen LogP contribution in [0.2, 0.25) is 0 Å². The first-order valence-corrected chi connectivity index (χ1v) is 7.84. The summed E-state index contributed by atoms with van der Waals surface area (Å²) in [7, 11) is 0. The van der Waals surface area contributed by atoms with Crippen molar-refractivity contribution in [2.75, 3.05) is 16.8 Å². The van der Waals surface area contributed by atoms with Crippen LogP contribution in [0.4, 0.5) is 5.69 Å². The third kappa shape index (κ3) is 6.10. The molecule has 0 radical (unpaired) electrons. The monoisotopic (exact) mass is 295 g/mol. The molecule has 110 valence electrons. The maximum atomic E-state index is 11.8. The lowest BCUT2D eigenvalue weighted by atomic mass is 10.0. The van der Waals surface area contributed by atoms with Gasteiger partial charge in [0.15, 0.2) is 0 Å². The molecule has 0 aliphatic heterocycles. The molecule has 2 N–H and O–H groups in total. The highest BCUT2D eigenvalue weighted by Crippen LogP contribution is 2.23. The van der Waals surface area contributed by atoms with Gasteiger partial charge in [-0.25, -0.2) is 0 Å². The number of hydrogen-bond donors (Lipinski definition) is 2. The number of rotatable bonds is 8. The smallest absolute Gasteiger partial charge is 0.303 e. The number of amides is 1. The van der Waals surface area contributed by atoms with Crippen LogP contribution in [0.25, 0.3) is 0 Å². The molecule has 0 spiro atoms. The quantitative estimate of drug-likeness (QED) is 0.722. The Bertz CT molecular complexity index is 460. The predicted molar refractivity (Wildman–Crippen MR) is 83.4 cm³/mol. The van der Waals surface area contributed by atoms with Gasteiger partial charge in [-0.1, -0.05) is 32.0 Å². The number of carboxylic acid groups (broad SMARTS) is 1. The summed E-state index contributed by atoms with van der Waals surface area (Å²) in [5.74, 6) is 0.562. The first kappa shape index (κ1) is 16.6. The number of benzene rings is 1. The third-order valence-corrected chi connectivity index (χ3v) is 3.81. The van der Waals surface area contributed by atoms with Crippen molar-refractivity contribution in [2.45, 2.75) is 32.6 Å². The first-order valence-electron chi connectivity index (χ1n) is 6.69. The lowest BCUT2D eigenvalue weighted by Gasteiger charge is -2.13. The van der Waals surface area contributed by atoms with Crippen LogP contribution in [0.1, 0.15) is 38.2 Å². The van der Waals surface area contributed by atoms with E-state index in [-0.39, 0.29) is 12.3 Å². The predicted octanol–water partition coefficient (Wildman–Crippen LogP) is 3.35. The van der Waals surface area contributed by atoms with Crippen molar-refractivity contribution in [3.8, 4) is 0 Å². The molecular formula is C15H21NO3S. The molecule has 1 amide bonds. The van der Waals surface area contributed by atoms with Crippen molar-refractivity contribution in [1.29, 1.82) is 0 Å². The molecule has 0 aromatic heterocycles. The number of carbonyl (C=O) groups is 2. The Hall–Kier alpha value is -1.49. The van der Waals surface area contributed by atoms with Crippen LogP contribution in [0.3, 0.4) is 0 Å². The van der Waals surface area contributed by atoms with E-state index in [1.807, 2.05) is 24.3 Å². The maximum absolute atomic E-state index is 11.8. The minimum absolute atomic E-state index is 0.0431. The van der Waals surface area contributed by atoms with Gasteiger partial charge in [0.05, 0.1) is 5.75 Å². The SMILES string of the molecule is CC(C)c1ccccc1NC(=O)CSCCCC(=O)O. The van der Waals surface area contributed by atoms with Gasteiger partial charge in [0.2, 0.25) is 5.91 Å². The van der Waals surface area contributed by atoms with E-state index in [0.717, 1.165) is 11.3 Å². The zero-order valence-electron chi connectivity index (χ0n) is 11.9. The van der Waals surface area contributed by atoms with Crippen LogP contribution in [0.5, 0.6) is 0 Å². The van der Waals surface area contributed by atoms with Crippen molar-refractivity contribution < 1.29 is 14.7 Å². The number of para-hydroxylation sites is 1. The molecule has 0 aliphatic carbocycles. The van der Waals surface area contributed by atoms with Gasteiger partial charge >= 0.3 is 5.97 Å². The van der Waals surface area contributed by atoms with Crippen molar-refractivity contribution in [3.05, 3.63) is 29.8 Å². The van der Waals surface area contributed by atoms with Gasteiger partial charge in [-0.2, -0.15) is 11.8 Å². The molecule has 0 saturated carbocycles. The van der Waals surface area contributed by atoms with Crippen LogP contribution in [-0.4, -0.2) is 28.5 Å². The first-order chi connectivity index (χ1) is 9.50. The minimum atomic E-state index is -0.791. The number of nitrogens with one attached hydrogen (secondary N) is 1. The Kier molecular flexibility index (Phi) is 7.15. The van der Waals surface area contributed by atoms with Gasteiger partial charge in [-0.05, 0) is 29.7 Å². The summed E-state index contributed by atoms with van der Waals surface area (Å²) in [6.45, 7) is 4.18. The van der Waals surface area contributed by atoms with E-state index in [4.69, 9.17) is 5.11 Å². The second-order valence-corrected chi connectivity index (χ2v) is 5.95.